The van der Waals surface area contributed by atoms with Crippen molar-refractivity contribution in [2.24, 2.45) is 12.8 Å². The lowest BCUT2D eigenvalue weighted by Crippen LogP contribution is -2.18. The van der Waals surface area contributed by atoms with Gasteiger partial charge in [0.15, 0.2) is 5.16 Å². The molecular weight excluding hydrogens is 428 g/mol. The number of aromatic nitrogens is 3. The average molecular weight is 444 g/mol. The first-order chi connectivity index (χ1) is 14.3. The van der Waals surface area contributed by atoms with E-state index in [0.29, 0.717) is 20.6 Å². The molecule has 3 aromatic rings. The highest BCUT2D eigenvalue weighted by molar-refractivity contribution is 7.99. The van der Waals surface area contributed by atoms with E-state index in [2.05, 4.69) is 15.5 Å². The molecule has 30 heavy (non-hydrogen) atoms. The third-order valence-corrected chi connectivity index (χ3v) is 7.01. The van der Waals surface area contributed by atoms with Gasteiger partial charge in [-0.25, -0.2) is 0 Å². The average Bonchev–Trinajstić information content (AvgIpc) is 3.38. The van der Waals surface area contributed by atoms with Crippen molar-refractivity contribution in [3.8, 4) is 0 Å². The molecule has 0 saturated heterocycles. The smallest absolute Gasteiger partial charge is 0.284 e. The van der Waals surface area contributed by atoms with Crippen LogP contribution in [-0.2, 0) is 19.9 Å². The monoisotopic (exact) mass is 444 g/mol. The Morgan fingerprint density at radius 2 is 2.17 bits per heavy atom. The predicted molar refractivity (Wildman–Crippen MR) is 111 cm³/mol. The molecule has 0 spiro atoms. The summed E-state index contributed by atoms with van der Waals surface area (Å²) in [6, 6.07) is 4.20. The van der Waals surface area contributed by atoms with Gasteiger partial charge in [-0.1, -0.05) is 0 Å². The van der Waals surface area contributed by atoms with Crippen molar-refractivity contribution >= 4 is 45.6 Å². The number of nitrogens with one attached hydrogen (secondary N) is 1. The van der Waals surface area contributed by atoms with Gasteiger partial charge in [0.2, 0.25) is 0 Å². The number of nitro benzene ring substituents is 1. The molecule has 3 N–H and O–H groups in total. The summed E-state index contributed by atoms with van der Waals surface area (Å²) in [5, 5.41) is 22.8. The number of anilines is 1. The number of hydrogen-bond acceptors (Lipinski definition) is 8. The van der Waals surface area contributed by atoms with Crippen LogP contribution in [0.5, 0.6) is 0 Å². The molecule has 0 unspecified atom stereocenters. The Hall–Kier alpha value is -3.25. The zero-order valence-corrected chi connectivity index (χ0v) is 17.4. The Morgan fingerprint density at radius 3 is 2.83 bits per heavy atom. The summed E-state index contributed by atoms with van der Waals surface area (Å²) >= 11 is 2.41. The van der Waals surface area contributed by atoms with E-state index < -0.39 is 16.7 Å². The van der Waals surface area contributed by atoms with Gasteiger partial charge < -0.3 is 15.6 Å². The minimum atomic E-state index is -0.592. The number of benzene rings is 1. The molecular formula is C18H16N6O4S2. The summed E-state index contributed by atoms with van der Waals surface area (Å²) in [6.45, 7) is 0. The highest BCUT2D eigenvalue weighted by Gasteiger charge is 2.27. The summed E-state index contributed by atoms with van der Waals surface area (Å²) in [5.41, 5.74) is 6.63. The minimum absolute atomic E-state index is 0.105. The fourth-order valence-corrected chi connectivity index (χ4v) is 5.42. The van der Waals surface area contributed by atoms with Crippen LogP contribution in [0.4, 0.5) is 10.7 Å². The van der Waals surface area contributed by atoms with Crippen LogP contribution in [0.15, 0.2) is 34.6 Å². The van der Waals surface area contributed by atoms with E-state index in [9.17, 15) is 19.7 Å². The molecule has 1 aromatic carbocycles. The van der Waals surface area contributed by atoms with E-state index in [0.717, 1.165) is 41.5 Å². The van der Waals surface area contributed by atoms with Crippen molar-refractivity contribution in [2.45, 2.75) is 29.3 Å². The molecule has 2 aromatic heterocycles. The third-order valence-electron chi connectivity index (χ3n) is 4.68. The third kappa shape index (κ3) is 3.66. The molecule has 0 radical (unpaired) electrons. The Labute approximate surface area is 178 Å². The minimum Gasteiger partial charge on any atom is -0.365 e. The SMILES string of the molecule is Cn1cnnc1Sc1ccc(C(=O)Nc2sc3c(c2C(N)=O)CCC3)cc1[N+](=O)[O-]. The maximum Gasteiger partial charge on any atom is 0.284 e. The summed E-state index contributed by atoms with van der Waals surface area (Å²) in [7, 11) is 1.73. The Balaban J connectivity index is 1.62. The number of nitrogens with zero attached hydrogens (tertiary/aromatic N) is 4. The van der Waals surface area contributed by atoms with E-state index >= 15 is 0 Å². The van der Waals surface area contributed by atoms with E-state index in [1.807, 2.05) is 0 Å². The van der Waals surface area contributed by atoms with Gasteiger partial charge in [-0.15, -0.1) is 21.5 Å². The number of fused-ring (bicyclic) bond motifs is 1. The van der Waals surface area contributed by atoms with Crippen molar-refractivity contribution < 1.29 is 14.5 Å². The molecule has 0 bridgehead atoms. The number of carbonyl (C=O) groups excluding carboxylic acids is 2. The number of amides is 2. The molecule has 0 fully saturated rings. The summed E-state index contributed by atoms with van der Waals surface area (Å²) in [5.74, 6) is -1.14. The number of rotatable bonds is 6. The number of thiophene rings is 1. The Bertz CT molecular complexity index is 1190. The molecule has 154 valence electrons. The molecule has 4 rings (SSSR count). The molecule has 0 atom stereocenters. The molecule has 1 aliphatic rings. The van der Waals surface area contributed by atoms with Crippen LogP contribution in [0.3, 0.4) is 0 Å². The van der Waals surface area contributed by atoms with Gasteiger partial charge in [-0.05, 0) is 48.7 Å². The normalized spacial score (nSPS) is 12.6. The number of hydrogen-bond donors (Lipinski definition) is 2. The van der Waals surface area contributed by atoms with Crippen LogP contribution in [-0.4, -0.2) is 31.5 Å². The van der Waals surface area contributed by atoms with Gasteiger partial charge in [-0.3, -0.25) is 19.7 Å². The first kappa shape index (κ1) is 20.0. The Kier molecular flexibility index (Phi) is 5.26. The fourth-order valence-electron chi connectivity index (χ4n) is 3.28. The van der Waals surface area contributed by atoms with Gasteiger partial charge in [0.1, 0.15) is 11.3 Å². The molecule has 12 heteroatoms. The van der Waals surface area contributed by atoms with Crippen molar-refractivity contribution in [1.29, 1.82) is 0 Å². The summed E-state index contributed by atoms with van der Waals surface area (Å²) < 4.78 is 1.64. The van der Waals surface area contributed by atoms with Crippen molar-refractivity contribution in [2.75, 3.05) is 5.32 Å². The number of nitrogens with two attached hydrogens (primary N) is 1. The van der Waals surface area contributed by atoms with Crippen LogP contribution in [0.1, 0.15) is 37.6 Å². The zero-order valence-electron chi connectivity index (χ0n) is 15.7. The molecule has 2 amide bonds. The second-order valence-corrected chi connectivity index (χ2v) is 8.76. The highest BCUT2D eigenvalue weighted by atomic mass is 32.2. The molecule has 0 aliphatic heterocycles. The van der Waals surface area contributed by atoms with E-state index in [4.69, 9.17) is 5.73 Å². The fraction of sp³-hybridized carbons (Fsp3) is 0.222. The van der Waals surface area contributed by atoms with E-state index in [1.54, 1.807) is 11.6 Å². The summed E-state index contributed by atoms with van der Waals surface area (Å²) in [6.07, 6.45) is 4.03. The standard InChI is InChI=1S/C18H16N6O4S2/c1-23-8-20-22-18(23)30-13-6-5-9(7-11(13)24(27)28)16(26)21-17-14(15(19)25)10-3-2-4-12(10)29-17/h5-8H,2-4H2,1H3,(H2,19,25)(H,21,26). The lowest BCUT2D eigenvalue weighted by Gasteiger charge is -2.08. The van der Waals surface area contributed by atoms with E-state index in [-0.39, 0.29) is 11.3 Å². The molecule has 2 heterocycles. The zero-order chi connectivity index (χ0) is 21.4. The van der Waals surface area contributed by atoms with Crippen LogP contribution in [0, 0.1) is 10.1 Å². The van der Waals surface area contributed by atoms with Crippen LogP contribution < -0.4 is 11.1 Å². The van der Waals surface area contributed by atoms with Crippen molar-refractivity contribution in [1.82, 2.24) is 14.8 Å². The second-order valence-electron chi connectivity index (χ2n) is 6.65. The lowest BCUT2D eigenvalue weighted by molar-refractivity contribution is -0.387. The molecule has 0 saturated carbocycles. The van der Waals surface area contributed by atoms with Crippen molar-refractivity contribution in [3.63, 3.8) is 0 Å². The largest absolute Gasteiger partial charge is 0.365 e. The summed E-state index contributed by atoms with van der Waals surface area (Å²) in [4.78, 5) is 37.0. The number of nitro groups is 1. The molecule has 10 nitrogen and oxygen atoms in total. The number of aryl methyl sites for hydroxylation is 2. The number of carbonyl (C=O) groups is 2. The maximum atomic E-state index is 12.8. The van der Waals surface area contributed by atoms with Gasteiger partial charge in [0.05, 0.1) is 15.4 Å². The topological polar surface area (TPSA) is 146 Å². The van der Waals surface area contributed by atoms with Gasteiger partial charge in [-0.2, -0.15) is 0 Å². The van der Waals surface area contributed by atoms with Gasteiger partial charge >= 0.3 is 0 Å². The molecule has 1 aliphatic carbocycles. The quantitative estimate of drug-likeness (QED) is 0.439. The Morgan fingerprint density at radius 1 is 1.37 bits per heavy atom. The van der Waals surface area contributed by atoms with Crippen molar-refractivity contribution in [3.05, 3.63) is 56.2 Å². The highest BCUT2D eigenvalue weighted by Crippen LogP contribution is 2.39. The van der Waals surface area contributed by atoms with Gasteiger partial charge in [0, 0.05) is 23.6 Å². The van der Waals surface area contributed by atoms with E-state index in [1.165, 1.54) is 35.9 Å². The predicted octanol–water partition coefficient (Wildman–Crippen LogP) is 2.78. The van der Waals surface area contributed by atoms with Crippen LogP contribution >= 0.6 is 23.1 Å². The second kappa shape index (κ2) is 7.88. The first-order valence-electron chi connectivity index (χ1n) is 8.91. The van der Waals surface area contributed by atoms with Gasteiger partial charge in [0.25, 0.3) is 17.5 Å². The first-order valence-corrected chi connectivity index (χ1v) is 10.5. The van der Waals surface area contributed by atoms with Crippen LogP contribution in [0.2, 0.25) is 0 Å². The van der Waals surface area contributed by atoms with Crippen LogP contribution in [0.25, 0.3) is 0 Å². The lowest BCUT2D eigenvalue weighted by atomic mass is 10.1. The maximum absolute atomic E-state index is 12.8. The number of primary amides is 1.